The van der Waals surface area contributed by atoms with E-state index in [1.54, 1.807) is 13.8 Å². The molecule has 0 saturated heterocycles. The van der Waals surface area contributed by atoms with Crippen molar-refractivity contribution in [1.82, 2.24) is 5.32 Å². The molecule has 0 aliphatic heterocycles. The van der Waals surface area contributed by atoms with Crippen LogP contribution in [0, 0.1) is 5.92 Å². The smallest absolute Gasteiger partial charge is 0.418 e. The average molecular weight is 318 g/mol. The maximum absolute atomic E-state index is 12.8. The standard InChI is InChI=1S/C14H17F3N2O3/c1-3-8(2)11(12(20)21)19-13(22)18-10-7-5-4-6-9(10)14(15,16)17/h4-8,11H,3H2,1-2H3,(H,20,21)(H2,18,19,22). The Balaban J connectivity index is 2.88. The van der Waals surface area contributed by atoms with Gasteiger partial charge in [-0.25, -0.2) is 9.59 Å². The molecule has 3 N–H and O–H groups in total. The first kappa shape index (κ1) is 17.8. The van der Waals surface area contributed by atoms with E-state index in [0.29, 0.717) is 6.42 Å². The van der Waals surface area contributed by atoms with Gasteiger partial charge in [0.05, 0.1) is 11.3 Å². The van der Waals surface area contributed by atoms with Gasteiger partial charge < -0.3 is 15.7 Å². The predicted molar refractivity (Wildman–Crippen MR) is 74.5 cm³/mol. The predicted octanol–water partition coefficient (Wildman–Crippen LogP) is 3.33. The summed E-state index contributed by atoms with van der Waals surface area (Å²) in [5.41, 5.74) is -1.43. The van der Waals surface area contributed by atoms with Crippen molar-refractivity contribution in [1.29, 1.82) is 0 Å². The van der Waals surface area contributed by atoms with Crippen molar-refractivity contribution in [2.24, 2.45) is 5.92 Å². The van der Waals surface area contributed by atoms with E-state index in [4.69, 9.17) is 5.11 Å². The highest BCUT2D eigenvalue weighted by Gasteiger charge is 2.34. The normalized spacial score (nSPS) is 14.0. The highest BCUT2D eigenvalue weighted by Crippen LogP contribution is 2.34. The van der Waals surface area contributed by atoms with Crippen molar-refractivity contribution in [3.8, 4) is 0 Å². The lowest BCUT2D eigenvalue weighted by molar-refractivity contribution is -0.140. The third-order valence-electron chi connectivity index (χ3n) is 3.25. The topological polar surface area (TPSA) is 78.4 Å². The number of urea groups is 1. The van der Waals surface area contributed by atoms with Crippen LogP contribution in [0.5, 0.6) is 0 Å². The lowest BCUT2D eigenvalue weighted by Crippen LogP contribution is -2.46. The number of anilines is 1. The van der Waals surface area contributed by atoms with Gasteiger partial charge in [0.15, 0.2) is 0 Å². The molecule has 1 aromatic rings. The molecule has 2 unspecified atom stereocenters. The third-order valence-corrected chi connectivity index (χ3v) is 3.25. The van der Waals surface area contributed by atoms with Crippen LogP contribution in [0.3, 0.4) is 0 Å². The highest BCUT2D eigenvalue weighted by molar-refractivity contribution is 5.93. The number of carboxylic acid groups (broad SMARTS) is 1. The van der Waals surface area contributed by atoms with Crippen LogP contribution < -0.4 is 10.6 Å². The van der Waals surface area contributed by atoms with E-state index in [-0.39, 0.29) is 5.92 Å². The van der Waals surface area contributed by atoms with Gasteiger partial charge >= 0.3 is 18.2 Å². The first-order valence-electron chi connectivity index (χ1n) is 6.63. The fraction of sp³-hybridized carbons (Fsp3) is 0.429. The van der Waals surface area contributed by atoms with Crippen LogP contribution in [0.15, 0.2) is 24.3 Å². The van der Waals surface area contributed by atoms with Crippen LogP contribution in [0.4, 0.5) is 23.7 Å². The van der Waals surface area contributed by atoms with E-state index >= 15 is 0 Å². The van der Waals surface area contributed by atoms with E-state index in [1.807, 2.05) is 5.32 Å². The summed E-state index contributed by atoms with van der Waals surface area (Å²) in [5.74, 6) is -1.60. The van der Waals surface area contributed by atoms with Gasteiger partial charge in [-0.1, -0.05) is 32.4 Å². The number of rotatable bonds is 5. The minimum absolute atomic E-state index is 0.360. The van der Waals surface area contributed by atoms with Gasteiger partial charge in [-0.3, -0.25) is 0 Å². The Morgan fingerprint density at radius 3 is 2.36 bits per heavy atom. The lowest BCUT2D eigenvalue weighted by atomic mass is 9.99. The van der Waals surface area contributed by atoms with E-state index in [1.165, 1.54) is 12.1 Å². The Morgan fingerprint density at radius 1 is 1.27 bits per heavy atom. The van der Waals surface area contributed by atoms with Gasteiger partial charge in [0.1, 0.15) is 6.04 Å². The number of para-hydroxylation sites is 1. The van der Waals surface area contributed by atoms with Crippen LogP contribution in [0.25, 0.3) is 0 Å². The zero-order valence-corrected chi connectivity index (χ0v) is 12.1. The zero-order chi connectivity index (χ0) is 16.9. The molecule has 0 spiro atoms. The number of alkyl halides is 3. The number of carboxylic acids is 1. The molecule has 0 saturated carbocycles. The molecule has 2 amide bonds. The molecule has 2 atom stereocenters. The average Bonchev–Trinajstić information content (AvgIpc) is 2.43. The molecule has 1 aromatic carbocycles. The molecule has 5 nitrogen and oxygen atoms in total. The van der Waals surface area contributed by atoms with Crippen LogP contribution >= 0.6 is 0 Å². The lowest BCUT2D eigenvalue weighted by Gasteiger charge is -2.21. The molecule has 0 fully saturated rings. The Kier molecular flexibility index (Phi) is 5.78. The second kappa shape index (κ2) is 7.15. The fourth-order valence-corrected chi connectivity index (χ4v) is 1.82. The first-order valence-corrected chi connectivity index (χ1v) is 6.63. The Morgan fingerprint density at radius 2 is 1.86 bits per heavy atom. The number of carbonyl (C=O) groups is 2. The molecule has 0 bridgehead atoms. The van der Waals surface area contributed by atoms with Crippen LogP contribution in [0.2, 0.25) is 0 Å². The van der Waals surface area contributed by atoms with Crippen molar-refractivity contribution in [2.75, 3.05) is 5.32 Å². The summed E-state index contributed by atoms with van der Waals surface area (Å²) >= 11 is 0. The quantitative estimate of drug-likeness (QED) is 0.779. The monoisotopic (exact) mass is 318 g/mol. The SMILES string of the molecule is CCC(C)C(NC(=O)Nc1ccccc1C(F)(F)F)C(=O)O. The first-order chi connectivity index (χ1) is 10.2. The van der Waals surface area contributed by atoms with Crippen LogP contribution in [-0.2, 0) is 11.0 Å². The van der Waals surface area contributed by atoms with Crippen molar-refractivity contribution in [2.45, 2.75) is 32.5 Å². The summed E-state index contributed by atoms with van der Waals surface area (Å²) in [4.78, 5) is 22.9. The number of benzene rings is 1. The summed E-state index contributed by atoms with van der Waals surface area (Å²) in [7, 11) is 0. The maximum Gasteiger partial charge on any atom is 0.418 e. The number of carbonyl (C=O) groups excluding carboxylic acids is 1. The van der Waals surface area contributed by atoms with Gasteiger partial charge in [0.25, 0.3) is 0 Å². The molecule has 22 heavy (non-hydrogen) atoms. The molecule has 0 aromatic heterocycles. The van der Waals surface area contributed by atoms with Crippen molar-refractivity contribution in [3.05, 3.63) is 29.8 Å². The zero-order valence-electron chi connectivity index (χ0n) is 12.1. The van der Waals surface area contributed by atoms with Gasteiger partial charge in [-0.2, -0.15) is 13.2 Å². The van der Waals surface area contributed by atoms with Gasteiger partial charge in [-0.05, 0) is 18.1 Å². The second-order valence-electron chi connectivity index (χ2n) is 4.84. The third kappa shape index (κ3) is 4.64. The summed E-state index contributed by atoms with van der Waals surface area (Å²) < 4.78 is 38.4. The summed E-state index contributed by atoms with van der Waals surface area (Å²) in [5, 5.41) is 13.3. The molecular weight excluding hydrogens is 301 g/mol. The fourth-order valence-electron chi connectivity index (χ4n) is 1.82. The molecule has 1 rings (SSSR count). The molecule has 0 aliphatic rings. The molecular formula is C14H17F3N2O3. The number of hydrogen-bond donors (Lipinski definition) is 3. The molecule has 8 heteroatoms. The number of hydrogen-bond acceptors (Lipinski definition) is 2. The number of halogens is 3. The number of aliphatic carboxylic acids is 1. The van der Waals surface area contributed by atoms with E-state index in [9.17, 15) is 22.8 Å². The Labute approximate surface area is 125 Å². The minimum atomic E-state index is -4.62. The highest BCUT2D eigenvalue weighted by atomic mass is 19.4. The second-order valence-corrected chi connectivity index (χ2v) is 4.84. The number of nitrogens with one attached hydrogen (secondary N) is 2. The molecule has 0 aliphatic carbocycles. The summed E-state index contributed by atoms with van der Waals surface area (Å²) in [6.07, 6.45) is -4.12. The van der Waals surface area contributed by atoms with Crippen molar-refractivity contribution < 1.29 is 27.9 Å². The van der Waals surface area contributed by atoms with Gasteiger partial charge in [-0.15, -0.1) is 0 Å². The van der Waals surface area contributed by atoms with E-state index in [2.05, 4.69) is 5.32 Å². The maximum atomic E-state index is 12.8. The Hall–Kier alpha value is -2.25. The van der Waals surface area contributed by atoms with E-state index in [0.717, 1.165) is 12.1 Å². The molecule has 122 valence electrons. The van der Waals surface area contributed by atoms with Crippen molar-refractivity contribution >= 4 is 17.7 Å². The largest absolute Gasteiger partial charge is 0.480 e. The van der Waals surface area contributed by atoms with Crippen LogP contribution in [0.1, 0.15) is 25.8 Å². The van der Waals surface area contributed by atoms with Crippen LogP contribution in [-0.4, -0.2) is 23.1 Å². The van der Waals surface area contributed by atoms with Gasteiger partial charge in [0.2, 0.25) is 0 Å². The van der Waals surface area contributed by atoms with E-state index < -0.39 is 35.5 Å². The number of amides is 2. The summed E-state index contributed by atoms with van der Waals surface area (Å²) in [6.45, 7) is 3.38. The molecule has 0 radical (unpaired) electrons. The summed E-state index contributed by atoms with van der Waals surface area (Å²) in [6, 6.07) is 2.30. The molecule has 0 heterocycles. The van der Waals surface area contributed by atoms with Crippen molar-refractivity contribution in [3.63, 3.8) is 0 Å². The van der Waals surface area contributed by atoms with Gasteiger partial charge in [0, 0.05) is 0 Å². The minimum Gasteiger partial charge on any atom is -0.480 e. The Bertz CT molecular complexity index is 546.